The van der Waals surface area contributed by atoms with Crippen molar-refractivity contribution in [1.29, 1.82) is 0 Å². The molecule has 0 bridgehead atoms. The highest BCUT2D eigenvalue weighted by molar-refractivity contribution is 14.0. The molecule has 0 saturated heterocycles. The predicted molar refractivity (Wildman–Crippen MR) is 102 cm³/mol. The fraction of sp³-hybridized carbons (Fsp3) is 0.500. The summed E-state index contributed by atoms with van der Waals surface area (Å²) in [4.78, 5) is 10.1. The monoisotopic (exact) mass is 434 g/mol. The van der Waals surface area contributed by atoms with Crippen molar-refractivity contribution in [3.63, 3.8) is 0 Å². The lowest BCUT2D eigenvalue weighted by atomic mass is 10.4. The third-order valence-corrected chi connectivity index (χ3v) is 4.42. The lowest BCUT2D eigenvalue weighted by Crippen LogP contribution is -2.38. The molecule has 2 aromatic rings. The molecule has 0 aliphatic heterocycles. The molecular formula is C14H23IN6S. The number of nitrogens with one attached hydrogen (secondary N) is 2. The minimum Gasteiger partial charge on any atom is -0.356 e. The Kier molecular flexibility index (Phi) is 7.80. The maximum atomic E-state index is 4.54. The van der Waals surface area contributed by atoms with Gasteiger partial charge in [-0.25, -0.2) is 4.98 Å². The van der Waals surface area contributed by atoms with E-state index in [4.69, 9.17) is 0 Å². The van der Waals surface area contributed by atoms with Crippen LogP contribution in [0.15, 0.2) is 17.3 Å². The Bertz CT molecular complexity index is 599. The summed E-state index contributed by atoms with van der Waals surface area (Å²) in [6, 6.07) is 1.99. The molecule has 0 radical (unpaired) electrons. The fourth-order valence-electron chi connectivity index (χ4n) is 1.90. The minimum absolute atomic E-state index is 0. The zero-order valence-electron chi connectivity index (χ0n) is 13.4. The number of aromatic nitrogens is 3. The second kappa shape index (κ2) is 9.09. The molecule has 8 heteroatoms. The Morgan fingerprint density at radius 1 is 1.36 bits per heavy atom. The van der Waals surface area contributed by atoms with Gasteiger partial charge < -0.3 is 10.6 Å². The normalized spacial score (nSPS) is 11.2. The average molecular weight is 434 g/mol. The van der Waals surface area contributed by atoms with E-state index in [-0.39, 0.29) is 24.0 Å². The maximum absolute atomic E-state index is 4.54. The fourth-order valence-corrected chi connectivity index (χ4v) is 2.84. The molecule has 6 nitrogen and oxygen atoms in total. The molecule has 122 valence electrons. The number of hydrogen-bond acceptors (Lipinski definition) is 4. The SMILES string of the molecule is CN=C(NCCc1nc(C)c(C)s1)NCc1ccnn1C.I. The summed E-state index contributed by atoms with van der Waals surface area (Å²) >= 11 is 1.76. The van der Waals surface area contributed by atoms with E-state index in [0.717, 1.165) is 30.3 Å². The molecule has 0 aliphatic carbocycles. The smallest absolute Gasteiger partial charge is 0.191 e. The lowest BCUT2D eigenvalue weighted by molar-refractivity contribution is 0.684. The van der Waals surface area contributed by atoms with Crippen molar-refractivity contribution in [2.24, 2.45) is 12.0 Å². The van der Waals surface area contributed by atoms with Gasteiger partial charge in [-0.1, -0.05) is 0 Å². The van der Waals surface area contributed by atoms with Gasteiger partial charge in [0, 0.05) is 38.1 Å². The molecule has 2 rings (SSSR count). The molecule has 0 atom stereocenters. The maximum Gasteiger partial charge on any atom is 0.191 e. The van der Waals surface area contributed by atoms with Crippen molar-refractivity contribution in [2.75, 3.05) is 13.6 Å². The number of nitrogens with zero attached hydrogens (tertiary/aromatic N) is 4. The topological polar surface area (TPSA) is 67.1 Å². The Labute approximate surface area is 152 Å². The van der Waals surface area contributed by atoms with Crippen LogP contribution < -0.4 is 10.6 Å². The Morgan fingerprint density at radius 3 is 2.68 bits per heavy atom. The Balaban J connectivity index is 0.00000242. The van der Waals surface area contributed by atoms with Gasteiger partial charge >= 0.3 is 0 Å². The van der Waals surface area contributed by atoms with Gasteiger partial charge in [-0.15, -0.1) is 35.3 Å². The van der Waals surface area contributed by atoms with E-state index in [9.17, 15) is 0 Å². The summed E-state index contributed by atoms with van der Waals surface area (Å²) < 4.78 is 1.85. The van der Waals surface area contributed by atoms with E-state index in [0.29, 0.717) is 6.54 Å². The highest BCUT2D eigenvalue weighted by atomic mass is 127. The number of rotatable bonds is 5. The average Bonchev–Trinajstić information content (AvgIpc) is 3.00. The molecule has 0 unspecified atom stereocenters. The molecule has 0 aliphatic rings. The lowest BCUT2D eigenvalue weighted by Gasteiger charge is -2.11. The number of guanidine groups is 1. The third kappa shape index (κ3) is 5.24. The van der Waals surface area contributed by atoms with Gasteiger partial charge in [0.1, 0.15) is 0 Å². The standard InChI is InChI=1S/C14H22N6S.HI/c1-10-11(2)21-13(19-10)6-7-16-14(15-3)17-9-12-5-8-18-20(12)4;/h5,8H,6-7,9H2,1-4H3,(H2,15,16,17);1H. The van der Waals surface area contributed by atoms with Gasteiger partial charge in [-0.2, -0.15) is 5.10 Å². The first-order valence-electron chi connectivity index (χ1n) is 6.94. The van der Waals surface area contributed by atoms with Gasteiger partial charge in [0.2, 0.25) is 0 Å². The summed E-state index contributed by atoms with van der Waals surface area (Å²) in [5.74, 6) is 0.793. The number of aryl methyl sites for hydroxylation is 3. The Morgan fingerprint density at radius 2 is 2.14 bits per heavy atom. The number of halogens is 1. The number of thiazole rings is 1. The number of hydrogen-bond donors (Lipinski definition) is 2. The van der Waals surface area contributed by atoms with E-state index in [1.54, 1.807) is 24.6 Å². The highest BCUT2D eigenvalue weighted by Gasteiger charge is 2.04. The minimum atomic E-state index is 0. The molecule has 0 saturated carbocycles. The number of aliphatic imine (C=N–C) groups is 1. The molecule has 2 heterocycles. The van der Waals surface area contributed by atoms with Crippen molar-refractivity contribution < 1.29 is 0 Å². The van der Waals surface area contributed by atoms with Crippen molar-refractivity contribution in [1.82, 2.24) is 25.4 Å². The van der Waals surface area contributed by atoms with E-state index in [1.807, 2.05) is 17.8 Å². The van der Waals surface area contributed by atoms with Crippen molar-refractivity contribution in [3.8, 4) is 0 Å². The van der Waals surface area contributed by atoms with Crippen LogP contribution in [-0.4, -0.2) is 34.3 Å². The van der Waals surface area contributed by atoms with Crippen molar-refractivity contribution in [2.45, 2.75) is 26.8 Å². The van der Waals surface area contributed by atoms with Crippen molar-refractivity contribution in [3.05, 3.63) is 33.5 Å². The zero-order valence-corrected chi connectivity index (χ0v) is 16.5. The van der Waals surface area contributed by atoms with Crippen LogP contribution in [0.1, 0.15) is 21.3 Å². The quantitative estimate of drug-likeness (QED) is 0.430. The largest absolute Gasteiger partial charge is 0.356 e. The molecule has 0 spiro atoms. The molecule has 22 heavy (non-hydrogen) atoms. The van der Waals surface area contributed by atoms with E-state index < -0.39 is 0 Å². The molecule has 2 aromatic heterocycles. The molecular weight excluding hydrogens is 411 g/mol. The summed E-state index contributed by atoms with van der Waals surface area (Å²) in [6.45, 7) is 5.68. The summed E-state index contributed by atoms with van der Waals surface area (Å²) in [5, 5.41) is 11.9. The van der Waals surface area contributed by atoms with E-state index in [1.165, 1.54) is 9.88 Å². The van der Waals surface area contributed by atoms with E-state index >= 15 is 0 Å². The van der Waals surface area contributed by atoms with Crippen LogP contribution in [0.3, 0.4) is 0 Å². The highest BCUT2D eigenvalue weighted by Crippen LogP contribution is 2.16. The van der Waals surface area contributed by atoms with Crippen LogP contribution in [0.4, 0.5) is 0 Å². The van der Waals surface area contributed by atoms with Crippen LogP contribution in [0.5, 0.6) is 0 Å². The molecule has 2 N–H and O–H groups in total. The van der Waals surface area contributed by atoms with Crippen LogP contribution in [0.2, 0.25) is 0 Å². The van der Waals surface area contributed by atoms with Gasteiger partial charge in [0.25, 0.3) is 0 Å². The van der Waals surface area contributed by atoms with Gasteiger partial charge in [-0.05, 0) is 19.9 Å². The van der Waals surface area contributed by atoms with Crippen LogP contribution in [0.25, 0.3) is 0 Å². The first-order chi connectivity index (χ1) is 10.1. The van der Waals surface area contributed by atoms with E-state index in [2.05, 4.69) is 39.6 Å². The van der Waals surface area contributed by atoms with Crippen LogP contribution >= 0.6 is 35.3 Å². The summed E-state index contributed by atoms with van der Waals surface area (Å²) in [6.07, 6.45) is 2.70. The van der Waals surface area contributed by atoms with Crippen LogP contribution in [0, 0.1) is 13.8 Å². The van der Waals surface area contributed by atoms with Crippen LogP contribution in [-0.2, 0) is 20.0 Å². The first-order valence-corrected chi connectivity index (χ1v) is 7.76. The first kappa shape index (κ1) is 18.9. The molecule has 0 aromatic carbocycles. The second-order valence-electron chi connectivity index (χ2n) is 4.80. The third-order valence-electron chi connectivity index (χ3n) is 3.29. The van der Waals surface area contributed by atoms with Crippen molar-refractivity contribution >= 4 is 41.3 Å². The summed E-state index contributed by atoms with van der Waals surface area (Å²) in [7, 11) is 3.70. The summed E-state index contributed by atoms with van der Waals surface area (Å²) in [5.41, 5.74) is 2.25. The molecule has 0 fully saturated rings. The predicted octanol–water partition coefficient (Wildman–Crippen LogP) is 2.02. The van der Waals surface area contributed by atoms with Gasteiger partial charge in [0.15, 0.2) is 5.96 Å². The zero-order chi connectivity index (χ0) is 15.2. The second-order valence-corrected chi connectivity index (χ2v) is 6.09. The van der Waals surface area contributed by atoms with Gasteiger partial charge in [0.05, 0.1) is 22.9 Å². The Hall–Kier alpha value is -1.16. The molecule has 0 amide bonds. The van der Waals surface area contributed by atoms with Gasteiger partial charge in [-0.3, -0.25) is 9.67 Å².